The lowest BCUT2D eigenvalue weighted by atomic mass is 10.0. The van der Waals surface area contributed by atoms with E-state index in [1.54, 1.807) is 11.4 Å². The second-order valence-electron chi connectivity index (χ2n) is 4.16. The van der Waals surface area contributed by atoms with Crippen LogP contribution in [0.2, 0.25) is 0 Å². The summed E-state index contributed by atoms with van der Waals surface area (Å²) in [6.07, 6.45) is 1.66. The van der Waals surface area contributed by atoms with E-state index in [0.29, 0.717) is 26.8 Å². The summed E-state index contributed by atoms with van der Waals surface area (Å²) < 4.78 is 27.4. The van der Waals surface area contributed by atoms with Crippen molar-refractivity contribution in [1.29, 1.82) is 0 Å². The minimum absolute atomic E-state index is 0.0118. The summed E-state index contributed by atoms with van der Waals surface area (Å²) in [5, 5.41) is 1.76. The zero-order valence-electron chi connectivity index (χ0n) is 9.50. The van der Waals surface area contributed by atoms with Crippen molar-refractivity contribution in [3.63, 3.8) is 0 Å². The third kappa shape index (κ3) is 2.77. The molecule has 1 aliphatic rings. The van der Waals surface area contributed by atoms with E-state index in [-0.39, 0.29) is 5.92 Å². The number of nitrogens with zero attached hydrogens (tertiary/aromatic N) is 1. The van der Waals surface area contributed by atoms with Crippen molar-refractivity contribution in [3.8, 4) is 0 Å². The Balaban J connectivity index is 2.26. The molecule has 18 heavy (non-hydrogen) atoms. The minimum Gasteiger partial charge on any atom is -0.393 e. The first kappa shape index (κ1) is 14.4. The van der Waals surface area contributed by atoms with Crippen molar-refractivity contribution in [1.82, 2.24) is 4.31 Å². The molecule has 1 fully saturated rings. The van der Waals surface area contributed by atoms with Crippen LogP contribution < -0.4 is 5.73 Å². The smallest absolute Gasteiger partial charge is 0.253 e. The fourth-order valence-corrected chi connectivity index (χ4v) is 6.14. The van der Waals surface area contributed by atoms with Crippen molar-refractivity contribution >= 4 is 54.5 Å². The van der Waals surface area contributed by atoms with Crippen LogP contribution in [0.3, 0.4) is 0 Å². The molecule has 0 aromatic carbocycles. The van der Waals surface area contributed by atoms with E-state index in [1.165, 1.54) is 15.6 Å². The Bertz CT molecular complexity index is 555. The largest absolute Gasteiger partial charge is 0.393 e. The van der Waals surface area contributed by atoms with E-state index in [2.05, 4.69) is 15.9 Å². The van der Waals surface area contributed by atoms with Gasteiger partial charge in [-0.25, -0.2) is 8.42 Å². The molecule has 0 amide bonds. The van der Waals surface area contributed by atoms with E-state index in [4.69, 9.17) is 18.0 Å². The quantitative estimate of drug-likeness (QED) is 0.830. The van der Waals surface area contributed by atoms with Crippen LogP contribution in [-0.2, 0) is 10.0 Å². The Hall–Kier alpha value is -0.0200. The number of nitrogens with two attached hydrogens (primary N) is 1. The van der Waals surface area contributed by atoms with Gasteiger partial charge >= 0.3 is 0 Å². The second-order valence-corrected chi connectivity index (χ2v) is 8.54. The molecule has 0 saturated carbocycles. The Labute approximate surface area is 124 Å². The molecular formula is C10H13BrN2O2S3. The van der Waals surface area contributed by atoms with Crippen molar-refractivity contribution in [3.05, 3.63) is 15.9 Å². The van der Waals surface area contributed by atoms with Crippen LogP contribution in [0.5, 0.6) is 0 Å². The lowest BCUT2D eigenvalue weighted by Gasteiger charge is -2.31. The third-order valence-electron chi connectivity index (χ3n) is 2.95. The van der Waals surface area contributed by atoms with Gasteiger partial charge in [0.2, 0.25) is 0 Å². The SMILES string of the molecule is NC(=S)C1CCCN(S(=O)(=O)c2sccc2Br)C1. The summed E-state index contributed by atoms with van der Waals surface area (Å²) in [4.78, 5) is 0.403. The molecule has 100 valence electrons. The van der Waals surface area contributed by atoms with Crippen LogP contribution in [0.25, 0.3) is 0 Å². The monoisotopic (exact) mass is 368 g/mol. The van der Waals surface area contributed by atoms with E-state index in [9.17, 15) is 8.42 Å². The summed E-state index contributed by atoms with van der Waals surface area (Å²) in [5.41, 5.74) is 5.62. The summed E-state index contributed by atoms with van der Waals surface area (Å²) >= 11 is 9.45. The Morgan fingerprint density at radius 3 is 2.89 bits per heavy atom. The van der Waals surface area contributed by atoms with Crippen LogP contribution in [-0.4, -0.2) is 30.8 Å². The molecule has 0 aliphatic carbocycles. The minimum atomic E-state index is -3.43. The van der Waals surface area contributed by atoms with Crippen molar-refractivity contribution in [2.45, 2.75) is 17.1 Å². The van der Waals surface area contributed by atoms with Gasteiger partial charge in [-0.1, -0.05) is 12.2 Å². The molecule has 1 saturated heterocycles. The van der Waals surface area contributed by atoms with Gasteiger partial charge in [0.05, 0.1) is 4.99 Å². The predicted molar refractivity (Wildman–Crippen MR) is 80.3 cm³/mol. The predicted octanol–water partition coefficient (Wildman–Crippen LogP) is 2.20. The van der Waals surface area contributed by atoms with Crippen molar-refractivity contribution in [2.75, 3.05) is 13.1 Å². The maximum Gasteiger partial charge on any atom is 0.253 e. The molecule has 1 atom stereocenters. The standard InChI is InChI=1S/C10H13BrN2O2S3/c11-8-3-5-17-10(8)18(14,15)13-4-1-2-7(6-13)9(12)16/h3,5,7H,1-2,4,6H2,(H2,12,16). The number of thiophene rings is 1. The normalized spacial score (nSPS) is 21.9. The molecule has 2 rings (SSSR count). The Morgan fingerprint density at radius 1 is 1.61 bits per heavy atom. The molecule has 1 aliphatic heterocycles. The topological polar surface area (TPSA) is 63.4 Å². The van der Waals surface area contributed by atoms with Gasteiger partial charge in [0, 0.05) is 23.5 Å². The highest BCUT2D eigenvalue weighted by atomic mass is 79.9. The van der Waals surface area contributed by atoms with Crippen LogP contribution in [0, 0.1) is 5.92 Å². The maximum absolute atomic E-state index is 12.5. The van der Waals surface area contributed by atoms with Gasteiger partial charge in [-0.05, 0) is 40.2 Å². The summed E-state index contributed by atoms with van der Waals surface area (Å²) in [5.74, 6) is -0.0118. The number of piperidine rings is 1. The first-order valence-electron chi connectivity index (χ1n) is 5.45. The number of rotatable bonds is 3. The molecule has 4 nitrogen and oxygen atoms in total. The van der Waals surface area contributed by atoms with Gasteiger partial charge in [-0.2, -0.15) is 4.31 Å². The fraction of sp³-hybridized carbons (Fsp3) is 0.500. The lowest BCUT2D eigenvalue weighted by Crippen LogP contribution is -2.43. The van der Waals surface area contributed by atoms with E-state index >= 15 is 0 Å². The lowest BCUT2D eigenvalue weighted by molar-refractivity contribution is 0.313. The average Bonchev–Trinajstić information content (AvgIpc) is 2.76. The van der Waals surface area contributed by atoms with Crippen LogP contribution in [0.15, 0.2) is 20.1 Å². The van der Waals surface area contributed by atoms with Gasteiger partial charge in [0.15, 0.2) is 0 Å². The van der Waals surface area contributed by atoms with Gasteiger partial charge in [-0.15, -0.1) is 11.3 Å². The molecule has 0 spiro atoms. The van der Waals surface area contributed by atoms with Crippen LogP contribution >= 0.6 is 39.5 Å². The molecule has 1 aromatic rings. The summed E-state index contributed by atoms with van der Waals surface area (Å²) in [6.45, 7) is 0.924. The highest BCUT2D eigenvalue weighted by Crippen LogP contribution is 2.32. The van der Waals surface area contributed by atoms with Gasteiger partial charge < -0.3 is 5.73 Å². The number of thiocarbonyl (C=S) groups is 1. The summed E-state index contributed by atoms with van der Waals surface area (Å²) in [6, 6.07) is 1.74. The molecular weight excluding hydrogens is 356 g/mol. The number of hydrogen-bond donors (Lipinski definition) is 1. The zero-order chi connectivity index (χ0) is 13.3. The third-order valence-corrected chi connectivity index (χ3v) is 7.79. The van der Waals surface area contributed by atoms with Gasteiger partial charge in [0.25, 0.3) is 10.0 Å². The number of halogens is 1. The first-order valence-corrected chi connectivity index (χ1v) is 8.97. The van der Waals surface area contributed by atoms with E-state index < -0.39 is 10.0 Å². The first-order chi connectivity index (χ1) is 8.43. The second kappa shape index (κ2) is 5.54. The summed E-state index contributed by atoms with van der Waals surface area (Å²) in [7, 11) is -3.43. The van der Waals surface area contributed by atoms with Crippen LogP contribution in [0.1, 0.15) is 12.8 Å². The fourth-order valence-electron chi connectivity index (χ4n) is 1.97. The van der Waals surface area contributed by atoms with E-state index in [1.807, 2.05) is 0 Å². The molecule has 0 radical (unpaired) electrons. The zero-order valence-corrected chi connectivity index (χ0v) is 13.5. The number of hydrogen-bond acceptors (Lipinski definition) is 4. The average molecular weight is 369 g/mol. The Kier molecular flexibility index (Phi) is 4.43. The van der Waals surface area contributed by atoms with Crippen LogP contribution in [0.4, 0.5) is 0 Å². The molecule has 0 bridgehead atoms. The molecule has 1 unspecified atom stereocenters. The molecule has 8 heteroatoms. The molecule has 2 N–H and O–H groups in total. The highest BCUT2D eigenvalue weighted by Gasteiger charge is 2.33. The maximum atomic E-state index is 12.5. The van der Waals surface area contributed by atoms with Gasteiger partial charge in [0.1, 0.15) is 4.21 Å². The van der Waals surface area contributed by atoms with Gasteiger partial charge in [-0.3, -0.25) is 0 Å². The Morgan fingerprint density at radius 2 is 2.33 bits per heavy atom. The number of sulfonamides is 1. The molecule has 2 heterocycles. The molecule has 1 aromatic heterocycles. The highest BCUT2D eigenvalue weighted by molar-refractivity contribution is 9.10. The van der Waals surface area contributed by atoms with E-state index in [0.717, 1.165) is 12.8 Å². The van der Waals surface area contributed by atoms with Crippen molar-refractivity contribution < 1.29 is 8.42 Å². The van der Waals surface area contributed by atoms with Crippen molar-refractivity contribution in [2.24, 2.45) is 11.7 Å².